The highest BCUT2D eigenvalue weighted by molar-refractivity contribution is 6.31. The number of ether oxygens (including phenoxy) is 2. The molecule has 1 aliphatic heterocycles. The van der Waals surface area contributed by atoms with Gasteiger partial charge < -0.3 is 24.3 Å². The van der Waals surface area contributed by atoms with Crippen molar-refractivity contribution in [3.8, 4) is 17.2 Å². The smallest absolute Gasteiger partial charge is 0.244 e. The van der Waals surface area contributed by atoms with Crippen LogP contribution in [0.2, 0.25) is 5.02 Å². The quantitative estimate of drug-likeness (QED) is 0.499. The number of benzene rings is 2. The molecule has 2 heterocycles. The minimum absolute atomic E-state index is 0.0322. The van der Waals surface area contributed by atoms with Crippen LogP contribution in [0.15, 0.2) is 61.2 Å². The minimum Gasteiger partial charge on any atom is -0.490 e. The lowest BCUT2D eigenvalue weighted by atomic mass is 10.1. The number of para-hydroxylation sites is 2. The van der Waals surface area contributed by atoms with Crippen LogP contribution in [-0.2, 0) is 16.1 Å². The first-order chi connectivity index (χ1) is 17.6. The first-order valence-electron chi connectivity index (χ1n) is 12.3. The number of rotatable bonds is 4. The number of aromatic nitrogens is 2. The lowest BCUT2D eigenvalue weighted by Gasteiger charge is -2.23. The van der Waals surface area contributed by atoms with Gasteiger partial charge in [-0.2, -0.15) is 0 Å². The van der Waals surface area contributed by atoms with Crippen LogP contribution in [0.4, 0.5) is 5.69 Å². The van der Waals surface area contributed by atoms with Crippen molar-refractivity contribution in [1.29, 1.82) is 0 Å². The van der Waals surface area contributed by atoms with Gasteiger partial charge in [0.2, 0.25) is 11.8 Å². The first-order valence-corrected chi connectivity index (χ1v) is 12.7. The number of aryl methyl sites for hydroxylation is 1. The highest BCUT2D eigenvalue weighted by Gasteiger charge is 2.19. The van der Waals surface area contributed by atoms with E-state index in [0.29, 0.717) is 60.5 Å². The molecule has 1 aromatic heterocycles. The minimum atomic E-state index is -0.304. The normalized spacial score (nSPS) is 15.1. The zero-order chi connectivity index (χ0) is 25.2. The largest absolute Gasteiger partial charge is 0.490 e. The Kier molecular flexibility index (Phi) is 9.21. The molecule has 0 saturated carbocycles. The standard InChI is InChI=1S/C27H31ClN4O4/c28-21-11-12-23-22(18-21)30-26(33)19-32(27(34)10-7-14-31-16-13-29-20-31)15-5-1-2-6-17-35-24-8-3-4-9-25(24)36-23/h3-4,8-9,11-13,16,18,20H,1-2,5-7,10,14-15,17,19H2,(H,30,33). The SMILES string of the molecule is O=C1CN(C(=O)CCCn2ccnc2)CCCCCCOc2ccccc2Oc2ccc(Cl)cc2N1. The van der Waals surface area contributed by atoms with Gasteiger partial charge >= 0.3 is 0 Å². The fourth-order valence-corrected chi connectivity index (χ4v) is 4.22. The van der Waals surface area contributed by atoms with Crippen LogP contribution in [-0.4, -0.2) is 46.0 Å². The van der Waals surface area contributed by atoms with Crippen LogP contribution in [0.5, 0.6) is 17.2 Å². The molecular formula is C27H31ClN4O4. The van der Waals surface area contributed by atoms with E-state index in [1.54, 1.807) is 35.6 Å². The average Bonchev–Trinajstić information content (AvgIpc) is 3.38. The number of halogens is 1. The molecule has 36 heavy (non-hydrogen) atoms. The summed E-state index contributed by atoms with van der Waals surface area (Å²) in [6.07, 6.45) is 9.99. The van der Waals surface area contributed by atoms with Gasteiger partial charge in [-0.15, -0.1) is 0 Å². The van der Waals surface area contributed by atoms with E-state index in [0.717, 1.165) is 25.7 Å². The van der Waals surface area contributed by atoms with E-state index in [2.05, 4.69) is 10.3 Å². The molecule has 190 valence electrons. The molecule has 0 aliphatic carbocycles. The van der Waals surface area contributed by atoms with Gasteiger partial charge in [0.25, 0.3) is 0 Å². The molecule has 0 fully saturated rings. The van der Waals surface area contributed by atoms with Crippen LogP contribution >= 0.6 is 11.6 Å². The van der Waals surface area contributed by atoms with E-state index >= 15 is 0 Å². The molecule has 0 saturated heterocycles. The monoisotopic (exact) mass is 510 g/mol. The van der Waals surface area contributed by atoms with E-state index < -0.39 is 0 Å². The molecule has 0 spiro atoms. The van der Waals surface area contributed by atoms with E-state index in [1.807, 2.05) is 35.0 Å². The number of nitrogens with one attached hydrogen (secondary N) is 1. The van der Waals surface area contributed by atoms with Crippen LogP contribution in [0.25, 0.3) is 0 Å². The lowest BCUT2D eigenvalue weighted by Crippen LogP contribution is -2.38. The summed E-state index contributed by atoms with van der Waals surface area (Å²) in [6.45, 7) is 1.77. The lowest BCUT2D eigenvalue weighted by molar-refractivity contribution is -0.134. The van der Waals surface area contributed by atoms with Gasteiger partial charge in [-0.05, 0) is 49.6 Å². The number of fused-ring (bicyclic) bond motifs is 2. The Labute approximate surface area is 216 Å². The zero-order valence-electron chi connectivity index (χ0n) is 20.2. The van der Waals surface area contributed by atoms with Crippen LogP contribution in [0.3, 0.4) is 0 Å². The molecule has 1 N–H and O–H groups in total. The maximum absolute atomic E-state index is 13.0. The van der Waals surface area contributed by atoms with Gasteiger partial charge in [0.1, 0.15) is 0 Å². The van der Waals surface area contributed by atoms with Gasteiger partial charge in [-0.3, -0.25) is 9.59 Å². The number of anilines is 1. The molecular weight excluding hydrogens is 480 g/mol. The number of hydrogen-bond donors (Lipinski definition) is 1. The highest BCUT2D eigenvalue weighted by Crippen LogP contribution is 2.36. The molecule has 0 radical (unpaired) electrons. The third kappa shape index (κ3) is 7.49. The Morgan fingerprint density at radius 1 is 1.06 bits per heavy atom. The van der Waals surface area contributed by atoms with Crippen LogP contribution in [0.1, 0.15) is 38.5 Å². The zero-order valence-corrected chi connectivity index (χ0v) is 21.0. The molecule has 2 aromatic carbocycles. The predicted molar refractivity (Wildman–Crippen MR) is 139 cm³/mol. The molecule has 2 amide bonds. The van der Waals surface area contributed by atoms with Crippen LogP contribution < -0.4 is 14.8 Å². The molecule has 0 atom stereocenters. The summed E-state index contributed by atoms with van der Waals surface area (Å²) < 4.78 is 14.0. The summed E-state index contributed by atoms with van der Waals surface area (Å²) in [4.78, 5) is 31.7. The van der Waals surface area contributed by atoms with Crippen molar-refractivity contribution >= 4 is 29.1 Å². The van der Waals surface area contributed by atoms with E-state index in [-0.39, 0.29) is 18.4 Å². The molecule has 9 heteroatoms. The van der Waals surface area contributed by atoms with E-state index in [9.17, 15) is 9.59 Å². The Bertz CT molecular complexity index is 1150. The fraction of sp³-hybridized carbons (Fsp3) is 0.370. The van der Waals surface area contributed by atoms with Crippen molar-refractivity contribution in [3.05, 3.63) is 66.2 Å². The number of nitrogens with zero attached hydrogens (tertiary/aromatic N) is 3. The molecule has 4 rings (SSSR count). The summed E-state index contributed by atoms with van der Waals surface area (Å²) in [5.41, 5.74) is 0.432. The maximum atomic E-state index is 13.0. The molecule has 1 aliphatic rings. The van der Waals surface area contributed by atoms with Crippen LogP contribution in [0, 0.1) is 0 Å². The van der Waals surface area contributed by atoms with Crippen molar-refractivity contribution in [1.82, 2.24) is 14.5 Å². The highest BCUT2D eigenvalue weighted by atomic mass is 35.5. The van der Waals surface area contributed by atoms with Crippen molar-refractivity contribution < 1.29 is 19.1 Å². The predicted octanol–water partition coefficient (Wildman–Crippen LogP) is 5.53. The molecule has 0 unspecified atom stereocenters. The van der Waals surface area contributed by atoms with Gasteiger partial charge in [-0.25, -0.2) is 4.98 Å². The fourth-order valence-electron chi connectivity index (χ4n) is 4.05. The number of carbonyl (C=O) groups is 2. The average molecular weight is 511 g/mol. The number of carbonyl (C=O) groups excluding carboxylic acids is 2. The second-order valence-corrected chi connectivity index (χ2v) is 9.16. The Morgan fingerprint density at radius 2 is 1.89 bits per heavy atom. The first kappa shape index (κ1) is 25.6. The third-order valence-corrected chi connectivity index (χ3v) is 6.15. The topological polar surface area (TPSA) is 85.7 Å². The molecule has 8 nitrogen and oxygen atoms in total. The summed E-state index contributed by atoms with van der Waals surface area (Å²) in [6, 6.07) is 12.5. The summed E-state index contributed by atoms with van der Waals surface area (Å²) >= 11 is 6.21. The van der Waals surface area contributed by atoms with Gasteiger partial charge in [0.15, 0.2) is 17.2 Å². The van der Waals surface area contributed by atoms with Crippen molar-refractivity contribution in [3.63, 3.8) is 0 Å². The van der Waals surface area contributed by atoms with Gasteiger partial charge in [0.05, 0.1) is 25.2 Å². The van der Waals surface area contributed by atoms with Crippen molar-refractivity contribution in [2.75, 3.05) is 25.0 Å². The second-order valence-electron chi connectivity index (χ2n) is 8.72. The second kappa shape index (κ2) is 13.0. The number of amides is 2. The Hall–Kier alpha value is -3.52. The maximum Gasteiger partial charge on any atom is 0.244 e. The summed E-state index contributed by atoms with van der Waals surface area (Å²) in [7, 11) is 0. The van der Waals surface area contributed by atoms with E-state index in [1.165, 1.54) is 0 Å². The number of hydrogen-bond acceptors (Lipinski definition) is 5. The van der Waals surface area contributed by atoms with Gasteiger partial charge in [-0.1, -0.05) is 36.6 Å². The molecule has 3 aromatic rings. The number of imidazole rings is 1. The van der Waals surface area contributed by atoms with Crippen molar-refractivity contribution in [2.24, 2.45) is 0 Å². The Morgan fingerprint density at radius 3 is 2.72 bits per heavy atom. The summed E-state index contributed by atoms with van der Waals surface area (Å²) in [5.74, 6) is 1.29. The van der Waals surface area contributed by atoms with Crippen molar-refractivity contribution in [2.45, 2.75) is 45.1 Å². The Balaban J connectivity index is 1.49. The third-order valence-electron chi connectivity index (χ3n) is 5.92. The van der Waals surface area contributed by atoms with Gasteiger partial charge in [0, 0.05) is 36.9 Å². The van der Waals surface area contributed by atoms with E-state index in [4.69, 9.17) is 21.1 Å². The summed E-state index contributed by atoms with van der Waals surface area (Å²) in [5, 5.41) is 3.34. The molecule has 0 bridgehead atoms.